The first kappa shape index (κ1) is 16.1. The fourth-order valence-electron chi connectivity index (χ4n) is 2.59. The first-order valence-electron chi connectivity index (χ1n) is 7.49. The monoisotopic (exact) mass is 415 g/mol. The van der Waals surface area contributed by atoms with Crippen LogP contribution in [0.4, 0.5) is 5.13 Å². The molecule has 0 aliphatic heterocycles. The van der Waals surface area contributed by atoms with Crippen LogP contribution in [0.15, 0.2) is 34.7 Å². The van der Waals surface area contributed by atoms with E-state index in [0.29, 0.717) is 10.7 Å². The van der Waals surface area contributed by atoms with E-state index in [-0.39, 0.29) is 5.91 Å². The second-order valence-corrected chi connectivity index (χ2v) is 8.97. The molecular formula is C16H9N5OS4. The molecule has 5 aromatic rings. The third-order valence-corrected chi connectivity index (χ3v) is 7.57. The second-order valence-electron chi connectivity index (χ2n) is 5.39. The topological polar surface area (TPSA) is 80.7 Å². The molecule has 26 heavy (non-hydrogen) atoms. The fraction of sp³-hybridized carbons (Fsp3) is 0.0625. The first-order chi connectivity index (χ1) is 12.7. The highest BCUT2D eigenvalue weighted by Gasteiger charge is 2.14. The Bertz CT molecular complexity index is 1290. The smallest absolute Gasteiger partial charge is 0.257 e. The molecule has 10 heteroatoms. The molecule has 0 saturated heterocycles. The number of carbonyl (C=O) groups excluding carboxylic acids is 1. The largest absolute Gasteiger partial charge is 0.298 e. The summed E-state index contributed by atoms with van der Waals surface area (Å²) in [5.41, 5.74) is 3.90. The summed E-state index contributed by atoms with van der Waals surface area (Å²) in [5, 5.41) is 3.47. The van der Waals surface area contributed by atoms with E-state index in [0.717, 1.165) is 47.5 Å². The second kappa shape index (κ2) is 6.23. The van der Waals surface area contributed by atoms with Gasteiger partial charge >= 0.3 is 0 Å². The zero-order valence-corrected chi connectivity index (χ0v) is 16.5. The Kier molecular flexibility index (Phi) is 3.85. The number of hydrogen-bond acceptors (Lipinski definition) is 9. The van der Waals surface area contributed by atoms with E-state index in [1.165, 1.54) is 11.3 Å². The highest BCUT2D eigenvalue weighted by molar-refractivity contribution is 8.00. The Morgan fingerprint density at radius 3 is 2.54 bits per heavy atom. The van der Waals surface area contributed by atoms with Crippen LogP contribution in [0.2, 0.25) is 0 Å². The molecule has 2 aromatic carbocycles. The number of amides is 1. The maximum Gasteiger partial charge on any atom is 0.257 e. The van der Waals surface area contributed by atoms with Gasteiger partial charge in [0.1, 0.15) is 11.0 Å². The molecule has 0 aliphatic rings. The molecule has 0 unspecified atom stereocenters. The Balaban J connectivity index is 1.51. The normalized spacial score (nSPS) is 11.6. The number of nitrogens with one attached hydrogen (secondary N) is 1. The van der Waals surface area contributed by atoms with Crippen molar-refractivity contribution in [2.24, 2.45) is 0 Å². The third kappa shape index (κ3) is 2.65. The highest BCUT2D eigenvalue weighted by atomic mass is 32.2. The average Bonchev–Trinajstić information content (AvgIpc) is 3.36. The van der Waals surface area contributed by atoms with Crippen molar-refractivity contribution in [2.75, 3.05) is 11.6 Å². The maximum atomic E-state index is 12.6. The van der Waals surface area contributed by atoms with Gasteiger partial charge in [-0.15, -0.1) is 11.3 Å². The summed E-state index contributed by atoms with van der Waals surface area (Å²) >= 11 is 5.89. The van der Waals surface area contributed by atoms with Crippen molar-refractivity contribution in [2.45, 2.75) is 4.34 Å². The van der Waals surface area contributed by atoms with E-state index in [9.17, 15) is 4.79 Å². The van der Waals surface area contributed by atoms with E-state index >= 15 is 0 Å². The molecule has 0 bridgehead atoms. The van der Waals surface area contributed by atoms with Gasteiger partial charge in [0.05, 0.1) is 32.2 Å². The van der Waals surface area contributed by atoms with Crippen molar-refractivity contribution in [1.29, 1.82) is 0 Å². The molecule has 0 saturated carbocycles. The van der Waals surface area contributed by atoms with E-state index in [1.807, 2.05) is 18.4 Å². The van der Waals surface area contributed by atoms with Crippen LogP contribution in [0.3, 0.4) is 0 Å². The summed E-state index contributed by atoms with van der Waals surface area (Å²) in [7, 11) is 0. The Morgan fingerprint density at radius 1 is 0.962 bits per heavy atom. The summed E-state index contributed by atoms with van der Waals surface area (Å²) in [6.07, 6.45) is 2.02. The standard InChI is InChI=1S/C16H9N5OS4/c1-23-16-18-10-5-4-9-12(13(10)25-16)24-15(17-9)19-14(22)7-2-3-8-11(6-7)21-26-20-8/h2-6H,1H3,(H,17,19,22). The number of thiazole rings is 2. The van der Waals surface area contributed by atoms with Crippen molar-refractivity contribution in [3.8, 4) is 0 Å². The van der Waals surface area contributed by atoms with Crippen molar-refractivity contribution in [3.63, 3.8) is 0 Å². The van der Waals surface area contributed by atoms with Gasteiger partial charge in [0.2, 0.25) is 0 Å². The lowest BCUT2D eigenvalue weighted by atomic mass is 10.2. The summed E-state index contributed by atoms with van der Waals surface area (Å²) in [6.45, 7) is 0. The molecule has 3 aromatic heterocycles. The minimum Gasteiger partial charge on any atom is -0.298 e. The van der Waals surface area contributed by atoms with Gasteiger partial charge in [-0.05, 0) is 36.6 Å². The number of nitrogens with zero attached hydrogens (tertiary/aromatic N) is 4. The molecule has 128 valence electrons. The summed E-state index contributed by atoms with van der Waals surface area (Å²) in [6, 6.07) is 9.21. The van der Waals surface area contributed by atoms with Gasteiger partial charge in [-0.1, -0.05) is 23.1 Å². The van der Waals surface area contributed by atoms with Gasteiger partial charge < -0.3 is 0 Å². The predicted octanol–water partition coefficient (Wildman–Crippen LogP) is 4.88. The lowest BCUT2D eigenvalue weighted by molar-refractivity contribution is 0.102. The lowest BCUT2D eigenvalue weighted by Gasteiger charge is -2.00. The quantitative estimate of drug-likeness (QED) is 0.423. The summed E-state index contributed by atoms with van der Waals surface area (Å²) in [4.78, 5) is 21.7. The van der Waals surface area contributed by atoms with E-state index < -0.39 is 0 Å². The van der Waals surface area contributed by atoms with E-state index in [2.05, 4.69) is 24.0 Å². The predicted molar refractivity (Wildman–Crippen MR) is 110 cm³/mol. The summed E-state index contributed by atoms with van der Waals surface area (Å²) < 4.78 is 11.5. The third-order valence-electron chi connectivity index (χ3n) is 3.80. The van der Waals surface area contributed by atoms with Crippen molar-refractivity contribution >= 4 is 88.7 Å². The van der Waals surface area contributed by atoms with Crippen molar-refractivity contribution < 1.29 is 4.79 Å². The van der Waals surface area contributed by atoms with Gasteiger partial charge in [0.15, 0.2) is 9.47 Å². The van der Waals surface area contributed by atoms with Crippen molar-refractivity contribution in [1.82, 2.24) is 18.7 Å². The Morgan fingerprint density at radius 2 is 1.69 bits per heavy atom. The van der Waals surface area contributed by atoms with Crippen LogP contribution < -0.4 is 5.32 Å². The molecule has 1 N–H and O–H groups in total. The van der Waals surface area contributed by atoms with Crippen molar-refractivity contribution in [3.05, 3.63) is 35.9 Å². The van der Waals surface area contributed by atoms with Gasteiger partial charge in [0, 0.05) is 5.56 Å². The molecule has 1 amide bonds. The van der Waals surface area contributed by atoms with E-state index in [1.54, 1.807) is 41.3 Å². The van der Waals surface area contributed by atoms with Gasteiger partial charge in [-0.2, -0.15) is 8.75 Å². The number of hydrogen-bond donors (Lipinski definition) is 1. The molecule has 0 spiro atoms. The van der Waals surface area contributed by atoms with E-state index in [4.69, 9.17) is 0 Å². The van der Waals surface area contributed by atoms with Crippen LogP contribution in [0.25, 0.3) is 31.5 Å². The Labute approximate surface area is 163 Å². The zero-order valence-electron chi connectivity index (χ0n) is 13.2. The van der Waals surface area contributed by atoms with Crippen LogP contribution in [0.5, 0.6) is 0 Å². The first-order valence-corrected chi connectivity index (χ1v) is 11.1. The number of fused-ring (bicyclic) bond motifs is 4. The average molecular weight is 416 g/mol. The van der Waals surface area contributed by atoms with Gasteiger partial charge in [0.25, 0.3) is 5.91 Å². The number of rotatable bonds is 3. The van der Waals surface area contributed by atoms with Crippen LogP contribution >= 0.6 is 46.2 Å². The summed E-state index contributed by atoms with van der Waals surface area (Å²) in [5.74, 6) is -0.204. The zero-order chi connectivity index (χ0) is 17.7. The molecule has 5 rings (SSSR count). The number of benzene rings is 2. The molecule has 3 heterocycles. The maximum absolute atomic E-state index is 12.6. The van der Waals surface area contributed by atoms with Crippen LogP contribution in [0.1, 0.15) is 10.4 Å². The van der Waals surface area contributed by atoms with Crippen LogP contribution in [-0.4, -0.2) is 30.9 Å². The molecule has 0 aliphatic carbocycles. The number of thioether (sulfide) groups is 1. The molecule has 0 radical (unpaired) electrons. The Hall–Kier alpha value is -2.14. The minimum atomic E-state index is -0.204. The number of aromatic nitrogens is 4. The fourth-order valence-corrected chi connectivity index (χ4v) is 5.76. The highest BCUT2D eigenvalue weighted by Crippen LogP contribution is 2.38. The molecule has 6 nitrogen and oxygen atoms in total. The van der Waals surface area contributed by atoms with Crippen LogP contribution in [-0.2, 0) is 0 Å². The van der Waals surface area contributed by atoms with Crippen LogP contribution in [0, 0.1) is 0 Å². The SMILES string of the molecule is CSc1nc2ccc3nc(NC(=O)c4ccc5nsnc5c4)sc3c2s1. The number of carbonyl (C=O) groups is 1. The number of anilines is 1. The van der Waals surface area contributed by atoms with Gasteiger partial charge in [-0.25, -0.2) is 9.97 Å². The van der Waals surface area contributed by atoms with Gasteiger partial charge in [-0.3, -0.25) is 10.1 Å². The minimum absolute atomic E-state index is 0.204. The molecule has 0 fully saturated rings. The molecule has 0 atom stereocenters. The lowest BCUT2D eigenvalue weighted by Crippen LogP contribution is -2.11. The molecular weight excluding hydrogens is 406 g/mol.